The Kier molecular flexibility index (Phi) is 5.69. The number of benzene rings is 2. The Labute approximate surface area is 162 Å². The largest absolute Gasteiger partial charge is 0.325 e. The molecular weight excluding hydrogens is 354 g/mol. The van der Waals surface area contributed by atoms with Gasteiger partial charge in [0.05, 0.1) is 0 Å². The molecule has 1 aromatic heterocycles. The van der Waals surface area contributed by atoms with Gasteiger partial charge in [-0.2, -0.15) is 0 Å². The highest BCUT2D eigenvalue weighted by atomic mass is 16.2. The van der Waals surface area contributed by atoms with E-state index in [1.807, 2.05) is 38.1 Å². The van der Waals surface area contributed by atoms with Gasteiger partial charge in [0.15, 0.2) is 0 Å². The first-order valence-corrected chi connectivity index (χ1v) is 8.86. The van der Waals surface area contributed by atoms with Gasteiger partial charge in [-0.25, -0.2) is 0 Å². The first-order valence-electron chi connectivity index (χ1n) is 8.86. The van der Waals surface area contributed by atoms with Gasteiger partial charge in [-0.05, 0) is 55.3 Å². The molecule has 1 heterocycles. The van der Waals surface area contributed by atoms with Gasteiger partial charge in [-0.1, -0.05) is 24.3 Å². The molecule has 0 spiro atoms. The number of aromatic nitrogens is 1. The second-order valence-corrected chi connectivity index (χ2v) is 6.57. The second-order valence-electron chi connectivity index (χ2n) is 6.57. The number of para-hydroxylation sites is 1. The molecule has 0 saturated carbocycles. The summed E-state index contributed by atoms with van der Waals surface area (Å²) in [4.78, 5) is 36.4. The van der Waals surface area contributed by atoms with Gasteiger partial charge >= 0.3 is 0 Å². The Bertz CT molecular complexity index is 1070. The molecule has 6 nitrogen and oxygen atoms in total. The number of nitrogens with one attached hydrogen (secondary N) is 2. The van der Waals surface area contributed by atoms with Crippen LogP contribution in [0.3, 0.4) is 0 Å². The average Bonchev–Trinajstić information content (AvgIpc) is 2.67. The monoisotopic (exact) mass is 375 g/mol. The van der Waals surface area contributed by atoms with Crippen LogP contribution in [-0.2, 0) is 11.3 Å². The maximum atomic E-state index is 12.4. The van der Waals surface area contributed by atoms with Gasteiger partial charge in [0.25, 0.3) is 11.5 Å². The Hall–Kier alpha value is -3.67. The number of carbonyl (C=O) groups is 2. The number of amides is 2. The molecule has 0 fully saturated rings. The lowest BCUT2D eigenvalue weighted by Gasteiger charge is -2.10. The summed E-state index contributed by atoms with van der Waals surface area (Å²) in [6.45, 7) is 3.71. The van der Waals surface area contributed by atoms with Gasteiger partial charge in [0.1, 0.15) is 6.54 Å². The first kappa shape index (κ1) is 19.1. The Morgan fingerprint density at radius 3 is 2.32 bits per heavy atom. The fraction of sp³-hybridized carbons (Fsp3) is 0.136. The molecule has 0 bridgehead atoms. The SMILES string of the molecule is Cc1ccc(=O)n(CC(=O)Nc2ccc(C(=O)Nc3ccccc3C)cc2)c1. The maximum absolute atomic E-state index is 12.4. The first-order chi connectivity index (χ1) is 13.4. The molecular formula is C22H21N3O3. The molecule has 2 N–H and O–H groups in total. The maximum Gasteiger partial charge on any atom is 0.255 e. The number of anilines is 2. The predicted octanol–water partition coefficient (Wildman–Crippen LogP) is 3.36. The van der Waals surface area contributed by atoms with E-state index >= 15 is 0 Å². The number of nitrogens with zero attached hydrogens (tertiary/aromatic N) is 1. The van der Waals surface area contributed by atoms with Crippen molar-refractivity contribution in [2.75, 3.05) is 10.6 Å². The molecule has 0 unspecified atom stereocenters. The number of hydrogen-bond acceptors (Lipinski definition) is 3. The van der Waals surface area contributed by atoms with Crippen molar-refractivity contribution in [3.8, 4) is 0 Å². The number of rotatable bonds is 5. The predicted molar refractivity (Wildman–Crippen MR) is 110 cm³/mol. The van der Waals surface area contributed by atoms with Crippen molar-refractivity contribution in [3.63, 3.8) is 0 Å². The topological polar surface area (TPSA) is 80.2 Å². The van der Waals surface area contributed by atoms with Crippen LogP contribution in [0.15, 0.2) is 71.7 Å². The zero-order valence-corrected chi connectivity index (χ0v) is 15.7. The summed E-state index contributed by atoms with van der Waals surface area (Å²) in [5.74, 6) is -0.539. The minimum Gasteiger partial charge on any atom is -0.325 e. The lowest BCUT2D eigenvalue weighted by atomic mass is 10.1. The van der Waals surface area contributed by atoms with Crippen LogP contribution >= 0.6 is 0 Å². The Balaban J connectivity index is 1.63. The molecule has 0 radical (unpaired) electrons. The zero-order valence-electron chi connectivity index (χ0n) is 15.7. The van der Waals surface area contributed by atoms with E-state index in [1.54, 1.807) is 36.5 Å². The number of carbonyl (C=O) groups excluding carboxylic acids is 2. The number of pyridine rings is 1. The van der Waals surface area contributed by atoms with Crippen molar-refractivity contribution in [1.29, 1.82) is 0 Å². The van der Waals surface area contributed by atoms with E-state index in [2.05, 4.69) is 10.6 Å². The molecule has 6 heteroatoms. The van der Waals surface area contributed by atoms with Crippen LogP contribution in [0.2, 0.25) is 0 Å². The van der Waals surface area contributed by atoms with E-state index in [0.717, 1.165) is 16.8 Å². The number of hydrogen-bond donors (Lipinski definition) is 2. The van der Waals surface area contributed by atoms with Gasteiger partial charge in [-0.15, -0.1) is 0 Å². The Morgan fingerprint density at radius 2 is 1.61 bits per heavy atom. The molecule has 0 atom stereocenters. The summed E-state index contributed by atoms with van der Waals surface area (Å²) >= 11 is 0. The van der Waals surface area contributed by atoms with Crippen LogP contribution in [-0.4, -0.2) is 16.4 Å². The van der Waals surface area contributed by atoms with E-state index in [-0.39, 0.29) is 23.9 Å². The highest BCUT2D eigenvalue weighted by Crippen LogP contribution is 2.16. The van der Waals surface area contributed by atoms with E-state index in [0.29, 0.717) is 11.3 Å². The summed E-state index contributed by atoms with van der Waals surface area (Å²) in [5, 5.41) is 5.60. The van der Waals surface area contributed by atoms with Crippen molar-refractivity contribution >= 4 is 23.2 Å². The molecule has 0 aliphatic rings. The zero-order chi connectivity index (χ0) is 20.1. The normalized spacial score (nSPS) is 10.4. The third-order valence-electron chi connectivity index (χ3n) is 4.27. The van der Waals surface area contributed by atoms with Crippen LogP contribution in [0.1, 0.15) is 21.5 Å². The van der Waals surface area contributed by atoms with Crippen molar-refractivity contribution < 1.29 is 9.59 Å². The molecule has 2 aromatic carbocycles. The summed E-state index contributed by atoms with van der Waals surface area (Å²) in [6.07, 6.45) is 1.64. The van der Waals surface area contributed by atoms with E-state index in [9.17, 15) is 14.4 Å². The summed E-state index contributed by atoms with van der Waals surface area (Å²) in [6, 6.07) is 17.3. The minimum absolute atomic E-state index is 0.0734. The standard InChI is InChI=1S/C22H21N3O3/c1-15-7-12-21(27)25(13-15)14-20(26)23-18-10-8-17(9-11-18)22(28)24-19-6-4-3-5-16(19)2/h3-13H,14H2,1-2H3,(H,23,26)(H,24,28). The van der Waals surface area contributed by atoms with Crippen LogP contribution in [0.5, 0.6) is 0 Å². The third kappa shape index (κ3) is 4.73. The van der Waals surface area contributed by atoms with Crippen molar-refractivity contribution in [1.82, 2.24) is 4.57 Å². The molecule has 28 heavy (non-hydrogen) atoms. The van der Waals surface area contributed by atoms with Gasteiger partial charge < -0.3 is 15.2 Å². The average molecular weight is 375 g/mol. The molecule has 0 aliphatic heterocycles. The Morgan fingerprint density at radius 1 is 0.893 bits per heavy atom. The van der Waals surface area contributed by atoms with Crippen molar-refractivity contribution in [3.05, 3.63) is 93.9 Å². The number of aryl methyl sites for hydroxylation is 2. The lowest BCUT2D eigenvalue weighted by Crippen LogP contribution is -2.26. The summed E-state index contributed by atoms with van der Waals surface area (Å²) < 4.78 is 1.36. The van der Waals surface area contributed by atoms with E-state index in [4.69, 9.17) is 0 Å². The van der Waals surface area contributed by atoms with Crippen LogP contribution in [0, 0.1) is 13.8 Å². The summed E-state index contributed by atoms with van der Waals surface area (Å²) in [7, 11) is 0. The van der Waals surface area contributed by atoms with Gasteiger partial charge in [-0.3, -0.25) is 14.4 Å². The van der Waals surface area contributed by atoms with Gasteiger partial charge in [0.2, 0.25) is 5.91 Å². The minimum atomic E-state index is -0.315. The van der Waals surface area contributed by atoms with Crippen molar-refractivity contribution in [2.24, 2.45) is 0 Å². The van der Waals surface area contributed by atoms with Gasteiger partial charge in [0, 0.05) is 29.2 Å². The lowest BCUT2D eigenvalue weighted by molar-refractivity contribution is -0.116. The third-order valence-corrected chi connectivity index (χ3v) is 4.27. The van der Waals surface area contributed by atoms with Crippen LogP contribution < -0.4 is 16.2 Å². The summed E-state index contributed by atoms with van der Waals surface area (Å²) in [5.41, 5.74) is 3.44. The van der Waals surface area contributed by atoms with E-state index in [1.165, 1.54) is 10.6 Å². The van der Waals surface area contributed by atoms with Crippen molar-refractivity contribution in [2.45, 2.75) is 20.4 Å². The molecule has 0 saturated heterocycles. The second kappa shape index (κ2) is 8.35. The van der Waals surface area contributed by atoms with Crippen LogP contribution in [0.25, 0.3) is 0 Å². The smallest absolute Gasteiger partial charge is 0.255 e. The fourth-order valence-electron chi connectivity index (χ4n) is 2.74. The highest BCUT2D eigenvalue weighted by molar-refractivity contribution is 6.05. The highest BCUT2D eigenvalue weighted by Gasteiger charge is 2.09. The van der Waals surface area contributed by atoms with Crippen LogP contribution in [0.4, 0.5) is 11.4 Å². The molecule has 0 aliphatic carbocycles. The molecule has 2 amide bonds. The quantitative estimate of drug-likeness (QED) is 0.718. The fourth-order valence-corrected chi connectivity index (χ4v) is 2.74. The molecule has 142 valence electrons. The van der Waals surface area contributed by atoms with E-state index < -0.39 is 0 Å². The molecule has 3 aromatic rings. The molecule has 3 rings (SSSR count).